The van der Waals surface area contributed by atoms with Gasteiger partial charge in [0.2, 0.25) is 5.91 Å². The Bertz CT molecular complexity index is 706. The van der Waals surface area contributed by atoms with E-state index in [1.54, 1.807) is 0 Å². The fraction of sp³-hybridized carbons (Fsp3) is 0.455. The lowest BCUT2D eigenvalue weighted by Crippen LogP contribution is -2.18. The van der Waals surface area contributed by atoms with Crippen LogP contribution in [0.15, 0.2) is 47.6 Å². The molecule has 1 amide bonds. The van der Waals surface area contributed by atoms with Gasteiger partial charge in [0.25, 0.3) is 0 Å². The number of nitrogens with zero attached hydrogens (tertiary/aromatic N) is 1. The van der Waals surface area contributed by atoms with Crippen LogP contribution in [0.3, 0.4) is 0 Å². The van der Waals surface area contributed by atoms with Gasteiger partial charge in [0, 0.05) is 6.42 Å². The predicted octanol–water partition coefficient (Wildman–Crippen LogP) is 5.82. The summed E-state index contributed by atoms with van der Waals surface area (Å²) in [5, 5.41) is 6.65. The van der Waals surface area contributed by atoms with Crippen LogP contribution in [0.5, 0.6) is 0 Å². The fourth-order valence-electron chi connectivity index (χ4n) is 2.92. The van der Waals surface area contributed by atoms with Crippen LogP contribution in [-0.2, 0) is 4.79 Å². The number of nitrogens with one attached hydrogen (secondary N) is 1. The molecule has 0 bridgehead atoms. The summed E-state index contributed by atoms with van der Waals surface area (Å²) in [4.78, 5) is 11.9. The van der Waals surface area contributed by atoms with Gasteiger partial charge in [-0.2, -0.15) is 5.10 Å². The summed E-state index contributed by atoms with van der Waals surface area (Å²) in [7, 11) is 0. The van der Waals surface area contributed by atoms with Crippen molar-refractivity contribution in [2.45, 2.75) is 65.2 Å². The van der Waals surface area contributed by atoms with Gasteiger partial charge < -0.3 is 0 Å². The Kier molecular flexibility index (Phi) is 8.17. The number of rotatable bonds is 10. The molecular weight excluding hydrogens is 308 g/mol. The maximum atomic E-state index is 11.9. The summed E-state index contributed by atoms with van der Waals surface area (Å²) in [6, 6.07) is 14.5. The minimum Gasteiger partial charge on any atom is -0.273 e. The number of hydrogen-bond donors (Lipinski definition) is 1. The van der Waals surface area contributed by atoms with E-state index in [0.29, 0.717) is 6.42 Å². The highest BCUT2D eigenvalue weighted by Gasteiger charge is 2.03. The van der Waals surface area contributed by atoms with Crippen molar-refractivity contribution in [2.75, 3.05) is 0 Å². The van der Waals surface area contributed by atoms with Crippen molar-refractivity contribution in [3.05, 3.63) is 48.0 Å². The zero-order chi connectivity index (χ0) is 17.9. The Morgan fingerprint density at radius 2 is 1.60 bits per heavy atom. The van der Waals surface area contributed by atoms with Crippen molar-refractivity contribution in [1.82, 2.24) is 5.43 Å². The Labute approximate surface area is 151 Å². The van der Waals surface area contributed by atoms with Gasteiger partial charge in [-0.3, -0.25) is 4.79 Å². The third-order valence-corrected chi connectivity index (χ3v) is 4.52. The third-order valence-electron chi connectivity index (χ3n) is 4.52. The largest absolute Gasteiger partial charge is 0.273 e. The molecule has 0 aliphatic heterocycles. The molecule has 0 saturated heterocycles. The molecule has 0 saturated carbocycles. The van der Waals surface area contributed by atoms with E-state index in [9.17, 15) is 4.79 Å². The maximum Gasteiger partial charge on any atom is 0.240 e. The van der Waals surface area contributed by atoms with Crippen LogP contribution in [0.4, 0.5) is 0 Å². The number of unbranched alkanes of at least 4 members (excludes halogenated alkanes) is 6. The molecule has 0 aromatic heterocycles. The van der Waals surface area contributed by atoms with Crippen LogP contribution >= 0.6 is 0 Å². The summed E-state index contributed by atoms with van der Waals surface area (Å²) in [6.45, 7) is 4.16. The third kappa shape index (κ3) is 6.69. The fourth-order valence-corrected chi connectivity index (χ4v) is 2.92. The minimum atomic E-state index is 0.00805. The standard InChI is InChI=1S/C22H30N2O/c1-3-4-5-6-7-8-9-14-22(25)24-23-18(2)20-16-15-19-12-10-11-13-21(19)17-20/h10-13,15-17H,3-9,14H2,1-2H3,(H,24,25)/b23-18+. The van der Waals surface area contributed by atoms with Crippen molar-refractivity contribution >= 4 is 22.4 Å². The van der Waals surface area contributed by atoms with Crippen molar-refractivity contribution < 1.29 is 4.79 Å². The van der Waals surface area contributed by atoms with Crippen LogP contribution in [0.25, 0.3) is 10.8 Å². The Morgan fingerprint density at radius 1 is 0.920 bits per heavy atom. The monoisotopic (exact) mass is 338 g/mol. The van der Waals surface area contributed by atoms with E-state index >= 15 is 0 Å². The van der Waals surface area contributed by atoms with Crippen molar-refractivity contribution in [2.24, 2.45) is 5.10 Å². The number of carbonyl (C=O) groups is 1. The van der Waals surface area contributed by atoms with Gasteiger partial charge in [0.1, 0.15) is 0 Å². The molecule has 2 rings (SSSR count). The second-order valence-corrected chi connectivity index (χ2v) is 6.67. The highest BCUT2D eigenvalue weighted by atomic mass is 16.2. The Morgan fingerprint density at radius 3 is 2.36 bits per heavy atom. The molecule has 0 heterocycles. The van der Waals surface area contributed by atoms with Gasteiger partial charge in [0.15, 0.2) is 0 Å². The van der Waals surface area contributed by atoms with E-state index in [4.69, 9.17) is 0 Å². The smallest absolute Gasteiger partial charge is 0.240 e. The molecule has 0 radical (unpaired) electrons. The topological polar surface area (TPSA) is 41.5 Å². The predicted molar refractivity (Wildman–Crippen MR) is 107 cm³/mol. The first kappa shape index (κ1) is 19.2. The number of benzene rings is 2. The number of hydrazone groups is 1. The molecule has 134 valence electrons. The molecule has 0 aliphatic carbocycles. The molecule has 0 spiro atoms. The van der Waals surface area contributed by atoms with Gasteiger partial charge in [0.05, 0.1) is 5.71 Å². The number of hydrogen-bond acceptors (Lipinski definition) is 2. The molecule has 3 nitrogen and oxygen atoms in total. The number of carbonyl (C=O) groups excluding carboxylic acids is 1. The molecule has 25 heavy (non-hydrogen) atoms. The molecule has 0 aliphatic rings. The summed E-state index contributed by atoms with van der Waals surface area (Å²) >= 11 is 0. The van der Waals surface area contributed by atoms with Gasteiger partial charge in [-0.05, 0) is 35.7 Å². The van der Waals surface area contributed by atoms with Gasteiger partial charge in [-0.1, -0.05) is 81.8 Å². The molecule has 0 atom stereocenters. The van der Waals surface area contributed by atoms with Crippen LogP contribution in [-0.4, -0.2) is 11.6 Å². The first-order valence-electron chi connectivity index (χ1n) is 9.53. The second-order valence-electron chi connectivity index (χ2n) is 6.67. The van der Waals surface area contributed by atoms with Crippen molar-refractivity contribution in [1.29, 1.82) is 0 Å². The maximum absolute atomic E-state index is 11.9. The molecule has 1 N–H and O–H groups in total. The lowest BCUT2D eigenvalue weighted by atomic mass is 10.0. The van der Waals surface area contributed by atoms with Crippen molar-refractivity contribution in [3.8, 4) is 0 Å². The van der Waals surface area contributed by atoms with E-state index in [1.807, 2.05) is 25.1 Å². The lowest BCUT2D eigenvalue weighted by Gasteiger charge is -2.05. The SMILES string of the molecule is CCCCCCCCCC(=O)N/N=C(\C)c1ccc2ccccc2c1. The quantitative estimate of drug-likeness (QED) is 0.331. The van der Waals surface area contributed by atoms with Crippen LogP contribution in [0.1, 0.15) is 70.8 Å². The van der Waals surface area contributed by atoms with E-state index in [1.165, 1.54) is 42.9 Å². The van der Waals surface area contributed by atoms with Crippen LogP contribution in [0, 0.1) is 0 Å². The lowest BCUT2D eigenvalue weighted by molar-refractivity contribution is -0.121. The number of fused-ring (bicyclic) bond motifs is 1. The Balaban J connectivity index is 1.74. The summed E-state index contributed by atoms with van der Waals surface area (Å²) in [5.74, 6) is 0.00805. The highest BCUT2D eigenvalue weighted by Crippen LogP contribution is 2.16. The normalized spacial score (nSPS) is 11.7. The molecule has 0 unspecified atom stereocenters. The molecule has 2 aromatic carbocycles. The first-order valence-corrected chi connectivity index (χ1v) is 9.53. The minimum absolute atomic E-state index is 0.00805. The zero-order valence-corrected chi connectivity index (χ0v) is 15.6. The zero-order valence-electron chi connectivity index (χ0n) is 15.6. The van der Waals surface area contributed by atoms with E-state index in [-0.39, 0.29) is 5.91 Å². The molecule has 2 aromatic rings. The molecule has 0 fully saturated rings. The Hall–Kier alpha value is -2.16. The van der Waals surface area contributed by atoms with Gasteiger partial charge >= 0.3 is 0 Å². The van der Waals surface area contributed by atoms with Crippen LogP contribution in [0.2, 0.25) is 0 Å². The molecular formula is C22H30N2O. The van der Waals surface area contributed by atoms with E-state index in [2.05, 4.69) is 41.7 Å². The average Bonchev–Trinajstić information content (AvgIpc) is 2.65. The summed E-state index contributed by atoms with van der Waals surface area (Å²) in [5.41, 5.74) is 4.56. The number of amides is 1. The van der Waals surface area contributed by atoms with Gasteiger partial charge in [-0.25, -0.2) is 5.43 Å². The first-order chi connectivity index (χ1) is 12.2. The second kappa shape index (κ2) is 10.7. The molecule has 3 heteroatoms. The highest BCUT2D eigenvalue weighted by molar-refractivity contribution is 6.02. The van der Waals surface area contributed by atoms with Gasteiger partial charge in [-0.15, -0.1) is 0 Å². The van der Waals surface area contributed by atoms with Crippen molar-refractivity contribution in [3.63, 3.8) is 0 Å². The summed E-state index contributed by atoms with van der Waals surface area (Å²) < 4.78 is 0. The van der Waals surface area contributed by atoms with Crippen LogP contribution < -0.4 is 5.43 Å². The van der Waals surface area contributed by atoms with E-state index in [0.717, 1.165) is 24.1 Å². The van der Waals surface area contributed by atoms with E-state index < -0.39 is 0 Å². The average molecular weight is 338 g/mol. The summed E-state index contributed by atoms with van der Waals surface area (Å²) in [6.07, 6.45) is 9.06.